The van der Waals surface area contributed by atoms with E-state index in [-0.39, 0.29) is 30.7 Å². The minimum absolute atomic E-state index is 0.0172. The first-order valence-electron chi connectivity index (χ1n) is 11.1. The predicted molar refractivity (Wildman–Crippen MR) is 133 cm³/mol. The van der Waals surface area contributed by atoms with Crippen LogP contribution in [0.5, 0.6) is 5.75 Å². The molecule has 1 aliphatic heterocycles. The third-order valence-electron chi connectivity index (χ3n) is 5.73. The summed E-state index contributed by atoms with van der Waals surface area (Å²) in [5, 5.41) is 8.96. The topological polar surface area (TPSA) is 49.8 Å². The first-order valence-corrected chi connectivity index (χ1v) is 11.1. The highest BCUT2D eigenvalue weighted by Crippen LogP contribution is 2.44. The van der Waals surface area contributed by atoms with Gasteiger partial charge in [-0.25, -0.2) is 4.39 Å². The number of methoxy groups -OCH3 is 1. The van der Waals surface area contributed by atoms with E-state index in [1.54, 1.807) is 20.1 Å². The van der Waals surface area contributed by atoms with Crippen molar-refractivity contribution in [2.24, 2.45) is 0 Å². The van der Waals surface area contributed by atoms with Crippen LogP contribution in [-0.2, 0) is 4.79 Å². The van der Waals surface area contributed by atoms with Crippen molar-refractivity contribution in [2.45, 2.75) is 25.8 Å². The van der Waals surface area contributed by atoms with Crippen LogP contribution in [0.3, 0.4) is 0 Å². The van der Waals surface area contributed by atoms with Crippen LogP contribution in [0, 0.1) is 17.7 Å². The number of Topliss-reactive ketones (excluding diaryl/α,β-unsaturated/α-hetero) is 1. The number of ether oxygens (including phenoxy) is 1. The number of carbonyl (C=O) groups is 1. The summed E-state index contributed by atoms with van der Waals surface area (Å²) in [6, 6.07) is 19.8. The summed E-state index contributed by atoms with van der Waals surface area (Å²) < 4.78 is 19.7. The lowest BCUT2D eigenvalue weighted by molar-refractivity contribution is -0.117. The molecule has 3 aromatic rings. The summed E-state index contributed by atoms with van der Waals surface area (Å²) >= 11 is 0. The molecule has 4 nitrogen and oxygen atoms in total. The maximum absolute atomic E-state index is 14.3. The predicted octanol–water partition coefficient (Wildman–Crippen LogP) is 5.61. The summed E-state index contributed by atoms with van der Waals surface area (Å²) in [5.41, 5.74) is 5.17. The average Bonchev–Trinajstić information content (AvgIpc) is 2.84. The normalized spacial score (nSPS) is 14.5. The van der Waals surface area contributed by atoms with Gasteiger partial charge in [-0.05, 0) is 72.7 Å². The van der Waals surface area contributed by atoms with Crippen LogP contribution < -0.4 is 9.64 Å². The van der Waals surface area contributed by atoms with Crippen LogP contribution in [0.15, 0.2) is 66.7 Å². The number of aliphatic hydroxyl groups excluding tert-OH is 1. The number of ketones is 1. The van der Waals surface area contributed by atoms with Gasteiger partial charge in [0.15, 0.2) is 0 Å². The number of nitrogens with zero attached hydrogens (tertiary/aromatic N) is 1. The SMILES string of the molecule is COc1cccc(C2=Cc3ccc(F)cc3C(CC(C)=O)N2c2ccc(C#CCCO)cc2)c1. The molecule has 172 valence electrons. The number of fused-ring (bicyclic) bond motifs is 1. The summed E-state index contributed by atoms with van der Waals surface area (Å²) in [7, 11) is 1.62. The minimum Gasteiger partial charge on any atom is -0.497 e. The van der Waals surface area contributed by atoms with Gasteiger partial charge in [0, 0.05) is 35.4 Å². The number of benzene rings is 3. The van der Waals surface area contributed by atoms with E-state index in [2.05, 4.69) is 16.7 Å². The van der Waals surface area contributed by atoms with Gasteiger partial charge in [0.2, 0.25) is 0 Å². The maximum atomic E-state index is 14.3. The van der Waals surface area contributed by atoms with Gasteiger partial charge in [0.1, 0.15) is 17.3 Å². The molecule has 0 fully saturated rings. The standard InChI is InChI=1S/C29H26FNO3/c1-20(33)16-29-27-19-24(30)12-11-22(27)18-28(23-7-5-8-26(17-23)34-2)31(29)25-13-9-21(10-14-25)6-3-4-15-32/h5,7-14,17-19,29,32H,4,15-16H2,1-2H3. The molecule has 0 saturated carbocycles. The molecule has 34 heavy (non-hydrogen) atoms. The highest BCUT2D eigenvalue weighted by molar-refractivity contribution is 5.95. The number of hydrogen-bond donors (Lipinski definition) is 1. The Hall–Kier alpha value is -3.88. The van der Waals surface area contributed by atoms with Crippen LogP contribution in [0.25, 0.3) is 11.8 Å². The summed E-state index contributed by atoms with van der Waals surface area (Å²) in [6.45, 7) is 1.58. The Morgan fingerprint density at radius 3 is 2.62 bits per heavy atom. The second kappa shape index (κ2) is 10.4. The molecule has 0 amide bonds. The molecule has 4 rings (SSSR count). The number of anilines is 1. The quantitative estimate of drug-likeness (QED) is 0.491. The van der Waals surface area contributed by atoms with Crippen LogP contribution >= 0.6 is 0 Å². The number of aliphatic hydroxyl groups is 1. The van der Waals surface area contributed by atoms with Gasteiger partial charge in [-0.2, -0.15) is 0 Å². The van der Waals surface area contributed by atoms with Crippen LogP contribution in [0.2, 0.25) is 0 Å². The molecule has 3 aromatic carbocycles. The van der Waals surface area contributed by atoms with Gasteiger partial charge in [0.05, 0.1) is 19.8 Å². The maximum Gasteiger partial charge on any atom is 0.132 e. The minimum atomic E-state index is -0.374. The Morgan fingerprint density at radius 1 is 1.12 bits per heavy atom. The van der Waals surface area contributed by atoms with Gasteiger partial charge < -0.3 is 14.7 Å². The zero-order valence-electron chi connectivity index (χ0n) is 19.2. The molecular weight excluding hydrogens is 429 g/mol. The number of halogens is 1. The van der Waals surface area contributed by atoms with Crippen molar-refractivity contribution in [3.05, 3.63) is 94.8 Å². The highest BCUT2D eigenvalue weighted by atomic mass is 19.1. The Kier molecular flexibility index (Phi) is 7.10. The molecule has 1 aliphatic rings. The van der Waals surface area contributed by atoms with Crippen LogP contribution in [0.1, 0.15) is 48.1 Å². The van der Waals surface area contributed by atoms with Crippen molar-refractivity contribution < 1.29 is 19.0 Å². The van der Waals surface area contributed by atoms with Gasteiger partial charge in [-0.15, -0.1) is 0 Å². The van der Waals surface area contributed by atoms with E-state index in [0.29, 0.717) is 6.42 Å². The van der Waals surface area contributed by atoms with Crippen LogP contribution in [-0.4, -0.2) is 24.6 Å². The molecule has 0 aromatic heterocycles. The Balaban J connectivity index is 1.88. The van der Waals surface area contributed by atoms with Crippen molar-refractivity contribution in [1.29, 1.82) is 0 Å². The van der Waals surface area contributed by atoms with E-state index in [4.69, 9.17) is 9.84 Å². The van der Waals surface area contributed by atoms with E-state index >= 15 is 0 Å². The third-order valence-corrected chi connectivity index (χ3v) is 5.73. The fourth-order valence-corrected chi connectivity index (χ4v) is 4.21. The second-order valence-electron chi connectivity index (χ2n) is 8.15. The monoisotopic (exact) mass is 455 g/mol. The zero-order chi connectivity index (χ0) is 24.1. The van der Waals surface area contributed by atoms with Gasteiger partial charge in [-0.3, -0.25) is 4.79 Å². The molecule has 0 spiro atoms. The highest BCUT2D eigenvalue weighted by Gasteiger charge is 2.32. The smallest absolute Gasteiger partial charge is 0.132 e. The molecule has 0 radical (unpaired) electrons. The van der Waals surface area contributed by atoms with E-state index in [0.717, 1.165) is 39.4 Å². The van der Waals surface area contributed by atoms with Crippen molar-refractivity contribution >= 4 is 23.2 Å². The largest absolute Gasteiger partial charge is 0.497 e. The van der Waals surface area contributed by atoms with Gasteiger partial charge in [0.25, 0.3) is 0 Å². The van der Waals surface area contributed by atoms with Gasteiger partial charge in [-0.1, -0.05) is 30.0 Å². The lowest BCUT2D eigenvalue weighted by Crippen LogP contribution is -2.32. The molecule has 1 heterocycles. The first-order chi connectivity index (χ1) is 16.5. The van der Waals surface area contributed by atoms with E-state index in [1.165, 1.54) is 12.1 Å². The average molecular weight is 456 g/mol. The number of hydrogen-bond acceptors (Lipinski definition) is 4. The Bertz CT molecular complexity index is 1280. The number of rotatable bonds is 6. The molecule has 0 saturated heterocycles. The number of carbonyl (C=O) groups excluding carboxylic acids is 1. The molecular formula is C29H26FNO3. The fourth-order valence-electron chi connectivity index (χ4n) is 4.21. The second-order valence-corrected chi connectivity index (χ2v) is 8.15. The fraction of sp³-hybridized carbons (Fsp3) is 0.207. The summed E-state index contributed by atoms with van der Waals surface area (Å²) in [4.78, 5) is 14.4. The molecule has 0 aliphatic carbocycles. The van der Waals surface area contributed by atoms with Crippen LogP contribution in [0.4, 0.5) is 10.1 Å². The third kappa shape index (κ3) is 5.03. The molecule has 1 atom stereocenters. The molecule has 1 unspecified atom stereocenters. The van der Waals surface area contributed by atoms with E-state index < -0.39 is 0 Å². The zero-order valence-corrected chi connectivity index (χ0v) is 19.2. The van der Waals surface area contributed by atoms with Crippen molar-refractivity contribution in [2.75, 3.05) is 18.6 Å². The first kappa shape index (κ1) is 23.3. The lowest BCUT2D eigenvalue weighted by Gasteiger charge is -2.39. The Morgan fingerprint density at radius 2 is 1.91 bits per heavy atom. The lowest BCUT2D eigenvalue weighted by atomic mass is 9.88. The van der Waals surface area contributed by atoms with E-state index in [1.807, 2.05) is 54.6 Å². The molecule has 5 heteroatoms. The summed E-state index contributed by atoms with van der Waals surface area (Å²) in [6.07, 6.45) is 2.67. The molecule has 1 N–H and O–H groups in total. The van der Waals surface area contributed by atoms with Gasteiger partial charge >= 0.3 is 0 Å². The van der Waals surface area contributed by atoms with Crippen molar-refractivity contribution in [3.8, 4) is 17.6 Å². The molecule has 0 bridgehead atoms. The van der Waals surface area contributed by atoms with Crippen molar-refractivity contribution in [1.82, 2.24) is 0 Å². The van der Waals surface area contributed by atoms with E-state index in [9.17, 15) is 9.18 Å². The van der Waals surface area contributed by atoms with Crippen molar-refractivity contribution in [3.63, 3.8) is 0 Å². The summed E-state index contributed by atoms with van der Waals surface area (Å²) in [5.74, 6) is 6.37. The Labute approximate surface area is 199 Å².